The van der Waals surface area contributed by atoms with Crippen LogP contribution in [0.25, 0.3) is 10.8 Å². The highest BCUT2D eigenvalue weighted by molar-refractivity contribution is 6.35. The van der Waals surface area contributed by atoms with E-state index < -0.39 is 0 Å². The van der Waals surface area contributed by atoms with Gasteiger partial charge in [0.1, 0.15) is 11.5 Å². The quantitative estimate of drug-likeness (QED) is 0.702. The Morgan fingerprint density at radius 1 is 1.21 bits per heavy atom. The van der Waals surface area contributed by atoms with Crippen LogP contribution in [0.2, 0.25) is 5.15 Å². The predicted octanol–water partition coefficient (Wildman–Crippen LogP) is 2.26. The van der Waals surface area contributed by atoms with Gasteiger partial charge < -0.3 is 0 Å². The zero-order chi connectivity index (χ0) is 13.2. The standard InChI is InChI=1S/C12H8ClN5O/c13-10-8-4-2-1-3-7(8)9(5-14-10)11(19)17-12-15-6-16-18-12/h1-6H,(H2,15,16,17,18,19). The van der Waals surface area contributed by atoms with Gasteiger partial charge >= 0.3 is 0 Å². The molecular weight excluding hydrogens is 266 g/mol. The molecule has 0 unspecified atom stereocenters. The number of benzene rings is 1. The van der Waals surface area contributed by atoms with Gasteiger partial charge in [0, 0.05) is 11.6 Å². The predicted molar refractivity (Wildman–Crippen MR) is 71.1 cm³/mol. The molecule has 2 aromatic heterocycles. The van der Waals surface area contributed by atoms with Crippen LogP contribution in [0, 0.1) is 0 Å². The van der Waals surface area contributed by atoms with Crippen molar-refractivity contribution >= 4 is 34.2 Å². The van der Waals surface area contributed by atoms with Gasteiger partial charge in [0.05, 0.1) is 5.56 Å². The maximum Gasteiger partial charge on any atom is 0.260 e. The van der Waals surface area contributed by atoms with Crippen LogP contribution >= 0.6 is 11.6 Å². The first-order valence-electron chi connectivity index (χ1n) is 5.45. The number of nitrogens with zero attached hydrogens (tertiary/aromatic N) is 3. The van der Waals surface area contributed by atoms with Crippen LogP contribution < -0.4 is 5.32 Å². The number of carbonyl (C=O) groups excluding carboxylic acids is 1. The molecule has 3 aromatic rings. The van der Waals surface area contributed by atoms with Crippen molar-refractivity contribution in [2.75, 3.05) is 5.32 Å². The Kier molecular flexibility index (Phi) is 2.85. The van der Waals surface area contributed by atoms with Crippen molar-refractivity contribution in [1.29, 1.82) is 0 Å². The van der Waals surface area contributed by atoms with Gasteiger partial charge in [-0.05, 0) is 5.39 Å². The van der Waals surface area contributed by atoms with E-state index in [4.69, 9.17) is 11.6 Å². The summed E-state index contributed by atoms with van der Waals surface area (Å²) in [7, 11) is 0. The molecule has 0 fully saturated rings. The second kappa shape index (κ2) is 4.66. The van der Waals surface area contributed by atoms with Crippen molar-refractivity contribution < 1.29 is 4.79 Å². The molecule has 19 heavy (non-hydrogen) atoms. The number of pyridine rings is 1. The fourth-order valence-corrected chi connectivity index (χ4v) is 1.99. The second-order valence-electron chi connectivity index (χ2n) is 3.80. The van der Waals surface area contributed by atoms with Gasteiger partial charge in [0.25, 0.3) is 5.91 Å². The van der Waals surface area contributed by atoms with Crippen LogP contribution in [-0.4, -0.2) is 26.1 Å². The number of carbonyl (C=O) groups is 1. The highest BCUT2D eigenvalue weighted by Gasteiger charge is 2.13. The zero-order valence-corrected chi connectivity index (χ0v) is 10.3. The van der Waals surface area contributed by atoms with E-state index in [1.165, 1.54) is 12.5 Å². The summed E-state index contributed by atoms with van der Waals surface area (Å²) in [6, 6.07) is 7.31. The monoisotopic (exact) mass is 273 g/mol. The number of halogens is 1. The number of anilines is 1. The smallest absolute Gasteiger partial charge is 0.260 e. The van der Waals surface area contributed by atoms with Crippen LogP contribution in [0.4, 0.5) is 5.95 Å². The third kappa shape index (κ3) is 2.13. The summed E-state index contributed by atoms with van der Waals surface area (Å²) >= 11 is 6.01. The maximum atomic E-state index is 12.2. The lowest BCUT2D eigenvalue weighted by Gasteiger charge is -2.06. The second-order valence-corrected chi connectivity index (χ2v) is 4.15. The highest BCUT2D eigenvalue weighted by Crippen LogP contribution is 2.24. The lowest BCUT2D eigenvalue weighted by atomic mass is 10.1. The van der Waals surface area contributed by atoms with Crippen LogP contribution in [0.5, 0.6) is 0 Å². The molecule has 0 saturated heterocycles. The molecule has 2 heterocycles. The summed E-state index contributed by atoms with van der Waals surface area (Å²) < 4.78 is 0. The van der Waals surface area contributed by atoms with E-state index in [2.05, 4.69) is 25.5 Å². The van der Waals surface area contributed by atoms with Crippen molar-refractivity contribution in [3.8, 4) is 0 Å². The molecule has 1 amide bonds. The van der Waals surface area contributed by atoms with Crippen LogP contribution in [-0.2, 0) is 0 Å². The van der Waals surface area contributed by atoms with E-state index in [-0.39, 0.29) is 11.9 Å². The Balaban J connectivity index is 2.05. The van der Waals surface area contributed by atoms with E-state index >= 15 is 0 Å². The van der Waals surface area contributed by atoms with Crippen molar-refractivity contribution in [2.45, 2.75) is 0 Å². The number of nitrogens with one attached hydrogen (secondary N) is 2. The molecular formula is C12H8ClN5O. The minimum absolute atomic E-state index is 0.282. The zero-order valence-electron chi connectivity index (χ0n) is 9.59. The molecule has 0 aliphatic heterocycles. The SMILES string of the molecule is O=C(Nc1ncn[nH]1)c1cnc(Cl)c2ccccc12. The molecule has 0 bridgehead atoms. The summed E-state index contributed by atoms with van der Waals surface area (Å²) in [5.41, 5.74) is 0.427. The van der Waals surface area contributed by atoms with E-state index in [9.17, 15) is 4.79 Å². The summed E-state index contributed by atoms with van der Waals surface area (Å²) in [5, 5.41) is 10.6. The molecule has 0 saturated carbocycles. The van der Waals surface area contributed by atoms with Gasteiger partial charge in [-0.2, -0.15) is 10.1 Å². The Labute approximate surface area is 112 Å². The van der Waals surface area contributed by atoms with Crippen LogP contribution in [0.15, 0.2) is 36.8 Å². The van der Waals surface area contributed by atoms with E-state index in [0.29, 0.717) is 10.7 Å². The minimum atomic E-state index is -0.322. The number of hydrogen-bond donors (Lipinski definition) is 2. The van der Waals surface area contributed by atoms with Gasteiger partial charge in [0.2, 0.25) is 5.95 Å². The Morgan fingerprint density at radius 2 is 2.00 bits per heavy atom. The van der Waals surface area contributed by atoms with Gasteiger partial charge in [-0.1, -0.05) is 35.9 Å². The Hall–Kier alpha value is -2.47. The van der Waals surface area contributed by atoms with Crippen molar-refractivity contribution in [2.24, 2.45) is 0 Å². The van der Waals surface area contributed by atoms with Crippen molar-refractivity contribution in [3.63, 3.8) is 0 Å². The largest absolute Gasteiger partial charge is 0.291 e. The number of amides is 1. The van der Waals surface area contributed by atoms with E-state index in [1.54, 1.807) is 0 Å². The molecule has 0 spiro atoms. The van der Waals surface area contributed by atoms with Crippen LogP contribution in [0.1, 0.15) is 10.4 Å². The van der Waals surface area contributed by atoms with Gasteiger partial charge in [-0.25, -0.2) is 10.1 Å². The maximum absolute atomic E-state index is 12.2. The summed E-state index contributed by atoms with van der Waals surface area (Å²) in [6.45, 7) is 0. The number of aromatic amines is 1. The molecule has 94 valence electrons. The lowest BCUT2D eigenvalue weighted by Crippen LogP contribution is -2.14. The number of H-pyrrole nitrogens is 1. The molecule has 6 nitrogen and oxygen atoms in total. The fraction of sp³-hybridized carbons (Fsp3) is 0. The lowest BCUT2D eigenvalue weighted by molar-refractivity contribution is 0.102. The number of hydrogen-bond acceptors (Lipinski definition) is 4. The molecule has 0 radical (unpaired) electrons. The molecule has 1 aromatic carbocycles. The minimum Gasteiger partial charge on any atom is -0.291 e. The summed E-state index contributed by atoms with van der Waals surface area (Å²) in [5.74, 6) is -0.0406. The molecule has 0 atom stereocenters. The van der Waals surface area contributed by atoms with Gasteiger partial charge in [0.15, 0.2) is 0 Å². The number of rotatable bonds is 2. The van der Waals surface area contributed by atoms with Crippen molar-refractivity contribution in [3.05, 3.63) is 47.5 Å². The molecule has 3 rings (SSSR count). The molecule has 7 heteroatoms. The van der Waals surface area contributed by atoms with Crippen LogP contribution in [0.3, 0.4) is 0 Å². The Morgan fingerprint density at radius 3 is 2.74 bits per heavy atom. The number of aromatic nitrogens is 4. The molecule has 0 aliphatic carbocycles. The first-order chi connectivity index (χ1) is 9.25. The highest BCUT2D eigenvalue weighted by atomic mass is 35.5. The first-order valence-corrected chi connectivity index (χ1v) is 5.83. The summed E-state index contributed by atoms with van der Waals surface area (Å²) in [4.78, 5) is 20.0. The van der Waals surface area contributed by atoms with E-state index in [1.807, 2.05) is 24.3 Å². The fourth-order valence-electron chi connectivity index (χ4n) is 1.78. The average molecular weight is 274 g/mol. The molecule has 2 N–H and O–H groups in total. The van der Waals surface area contributed by atoms with Gasteiger partial charge in [-0.15, -0.1) is 0 Å². The first kappa shape index (κ1) is 11.6. The van der Waals surface area contributed by atoms with Gasteiger partial charge in [-0.3, -0.25) is 10.1 Å². The topological polar surface area (TPSA) is 83.6 Å². The van der Waals surface area contributed by atoms with E-state index in [0.717, 1.165) is 10.8 Å². The third-order valence-corrected chi connectivity index (χ3v) is 2.94. The third-order valence-electron chi connectivity index (χ3n) is 2.64. The number of fused-ring (bicyclic) bond motifs is 1. The Bertz CT molecular complexity index is 741. The average Bonchev–Trinajstić information content (AvgIpc) is 2.92. The van der Waals surface area contributed by atoms with Crippen molar-refractivity contribution in [1.82, 2.24) is 20.2 Å². The molecule has 0 aliphatic rings. The normalized spacial score (nSPS) is 10.6. The summed E-state index contributed by atoms with van der Waals surface area (Å²) in [6.07, 6.45) is 2.75.